The highest BCUT2D eigenvalue weighted by molar-refractivity contribution is 5.31. The van der Waals surface area contributed by atoms with Crippen LogP contribution >= 0.6 is 0 Å². The average Bonchev–Trinajstić information content (AvgIpc) is 3.04. The third kappa shape index (κ3) is 2.68. The average molecular weight is 261 g/mol. The molecule has 1 aliphatic carbocycles. The summed E-state index contributed by atoms with van der Waals surface area (Å²) in [6.45, 7) is 2.45. The monoisotopic (exact) mass is 261 g/mol. The van der Waals surface area contributed by atoms with Crippen LogP contribution in [-0.4, -0.2) is 32.3 Å². The van der Waals surface area contributed by atoms with Gasteiger partial charge < -0.3 is 5.32 Å². The standard InChI is InChI=1S/C13H19N5O/c19-13-17-7-5-15-10-12(17)16-18(13)8-6-14-9-11-3-1-2-4-11/h5,7,10-11,14H,1-4,6,8-9H2. The van der Waals surface area contributed by atoms with E-state index in [1.165, 1.54) is 34.8 Å². The molecular weight excluding hydrogens is 242 g/mol. The first kappa shape index (κ1) is 12.3. The first-order valence-electron chi connectivity index (χ1n) is 6.94. The first-order chi connectivity index (χ1) is 9.34. The van der Waals surface area contributed by atoms with Crippen LogP contribution in [0, 0.1) is 5.92 Å². The lowest BCUT2D eigenvalue weighted by Gasteiger charge is -2.09. The second-order valence-electron chi connectivity index (χ2n) is 5.16. The number of nitrogens with zero attached hydrogens (tertiary/aromatic N) is 4. The van der Waals surface area contributed by atoms with Crippen molar-refractivity contribution in [2.75, 3.05) is 13.1 Å². The number of fused-ring (bicyclic) bond motifs is 1. The van der Waals surface area contributed by atoms with Crippen molar-refractivity contribution in [3.05, 3.63) is 29.1 Å². The summed E-state index contributed by atoms with van der Waals surface area (Å²) in [6, 6.07) is 0. The molecule has 102 valence electrons. The van der Waals surface area contributed by atoms with E-state index in [0.717, 1.165) is 19.0 Å². The second-order valence-corrected chi connectivity index (χ2v) is 5.16. The molecule has 2 heterocycles. The van der Waals surface area contributed by atoms with Gasteiger partial charge in [0, 0.05) is 18.9 Å². The van der Waals surface area contributed by atoms with E-state index in [9.17, 15) is 4.79 Å². The lowest BCUT2D eigenvalue weighted by Crippen LogP contribution is -2.29. The molecule has 0 aromatic carbocycles. The minimum absolute atomic E-state index is 0.0972. The third-order valence-electron chi connectivity index (χ3n) is 3.80. The molecule has 19 heavy (non-hydrogen) atoms. The molecule has 6 heteroatoms. The maximum atomic E-state index is 12.0. The minimum atomic E-state index is -0.0972. The Balaban J connectivity index is 1.56. The largest absolute Gasteiger partial charge is 0.350 e. The fourth-order valence-corrected chi connectivity index (χ4v) is 2.73. The summed E-state index contributed by atoms with van der Waals surface area (Å²) < 4.78 is 3.02. The van der Waals surface area contributed by atoms with Crippen LogP contribution in [0.25, 0.3) is 5.65 Å². The zero-order valence-electron chi connectivity index (χ0n) is 11.0. The van der Waals surface area contributed by atoms with Crippen LogP contribution in [0.1, 0.15) is 25.7 Å². The van der Waals surface area contributed by atoms with Crippen molar-refractivity contribution in [3.63, 3.8) is 0 Å². The molecule has 0 saturated heterocycles. The molecule has 0 aliphatic heterocycles. The van der Waals surface area contributed by atoms with Crippen LogP contribution in [0.4, 0.5) is 0 Å². The Hall–Kier alpha value is -1.69. The summed E-state index contributed by atoms with van der Waals surface area (Å²) in [7, 11) is 0. The van der Waals surface area contributed by atoms with E-state index in [4.69, 9.17) is 0 Å². The molecule has 0 unspecified atom stereocenters. The van der Waals surface area contributed by atoms with Crippen LogP contribution in [-0.2, 0) is 6.54 Å². The topological polar surface area (TPSA) is 64.2 Å². The van der Waals surface area contributed by atoms with Crippen molar-refractivity contribution >= 4 is 5.65 Å². The van der Waals surface area contributed by atoms with Gasteiger partial charge in [-0.3, -0.25) is 4.98 Å². The summed E-state index contributed by atoms with van der Waals surface area (Å²) in [5.74, 6) is 0.821. The lowest BCUT2D eigenvalue weighted by molar-refractivity contribution is 0.463. The molecule has 2 aromatic heterocycles. The summed E-state index contributed by atoms with van der Waals surface area (Å²) in [5.41, 5.74) is 0.503. The van der Waals surface area contributed by atoms with E-state index in [1.54, 1.807) is 18.6 Å². The van der Waals surface area contributed by atoms with Gasteiger partial charge in [0.15, 0.2) is 5.65 Å². The lowest BCUT2D eigenvalue weighted by atomic mass is 10.1. The maximum Gasteiger partial charge on any atom is 0.350 e. The molecule has 1 fully saturated rings. The van der Waals surface area contributed by atoms with E-state index in [1.807, 2.05) is 0 Å². The number of nitrogens with one attached hydrogen (secondary N) is 1. The summed E-state index contributed by atoms with van der Waals surface area (Å²) in [6.07, 6.45) is 10.3. The highest BCUT2D eigenvalue weighted by atomic mass is 16.2. The highest BCUT2D eigenvalue weighted by Gasteiger charge is 2.14. The summed E-state index contributed by atoms with van der Waals surface area (Å²) >= 11 is 0. The minimum Gasteiger partial charge on any atom is -0.315 e. The van der Waals surface area contributed by atoms with Crippen molar-refractivity contribution in [1.82, 2.24) is 24.5 Å². The van der Waals surface area contributed by atoms with Gasteiger partial charge in [0.05, 0.1) is 12.7 Å². The van der Waals surface area contributed by atoms with E-state index in [0.29, 0.717) is 12.2 Å². The smallest absolute Gasteiger partial charge is 0.315 e. The molecule has 0 amide bonds. The molecule has 3 rings (SSSR count). The fraction of sp³-hybridized carbons (Fsp3) is 0.615. The summed E-state index contributed by atoms with van der Waals surface area (Å²) in [5, 5.41) is 7.67. The van der Waals surface area contributed by atoms with E-state index in [2.05, 4.69) is 15.4 Å². The van der Waals surface area contributed by atoms with Gasteiger partial charge in [0.25, 0.3) is 0 Å². The van der Waals surface area contributed by atoms with Gasteiger partial charge in [-0.1, -0.05) is 12.8 Å². The molecule has 0 spiro atoms. The van der Waals surface area contributed by atoms with Crippen molar-refractivity contribution < 1.29 is 0 Å². The zero-order chi connectivity index (χ0) is 13.1. The molecule has 1 N–H and O–H groups in total. The predicted molar refractivity (Wildman–Crippen MR) is 72.1 cm³/mol. The number of hydrogen-bond donors (Lipinski definition) is 1. The van der Waals surface area contributed by atoms with E-state index >= 15 is 0 Å². The molecule has 1 saturated carbocycles. The Morgan fingerprint density at radius 3 is 3.00 bits per heavy atom. The molecule has 6 nitrogen and oxygen atoms in total. The molecular formula is C13H19N5O. The van der Waals surface area contributed by atoms with Crippen LogP contribution in [0.2, 0.25) is 0 Å². The molecule has 2 aromatic rings. The summed E-state index contributed by atoms with van der Waals surface area (Å²) in [4.78, 5) is 16.0. The maximum absolute atomic E-state index is 12.0. The van der Waals surface area contributed by atoms with Crippen molar-refractivity contribution in [2.24, 2.45) is 5.92 Å². The van der Waals surface area contributed by atoms with Crippen LogP contribution in [0.15, 0.2) is 23.4 Å². The van der Waals surface area contributed by atoms with E-state index in [-0.39, 0.29) is 5.69 Å². The van der Waals surface area contributed by atoms with Gasteiger partial charge in [0.2, 0.25) is 0 Å². The van der Waals surface area contributed by atoms with E-state index < -0.39 is 0 Å². The van der Waals surface area contributed by atoms with Crippen molar-refractivity contribution in [3.8, 4) is 0 Å². The van der Waals surface area contributed by atoms with Gasteiger partial charge >= 0.3 is 5.69 Å². The van der Waals surface area contributed by atoms with Crippen LogP contribution in [0.3, 0.4) is 0 Å². The molecule has 0 atom stereocenters. The Labute approximate surface area is 111 Å². The molecule has 1 aliphatic rings. The van der Waals surface area contributed by atoms with Crippen molar-refractivity contribution in [1.29, 1.82) is 0 Å². The normalized spacial score (nSPS) is 16.4. The van der Waals surface area contributed by atoms with Gasteiger partial charge in [-0.15, -0.1) is 5.10 Å². The molecule has 0 radical (unpaired) electrons. The predicted octanol–water partition coefficient (Wildman–Crippen LogP) is 0.671. The number of aromatic nitrogens is 4. The zero-order valence-corrected chi connectivity index (χ0v) is 11.0. The Bertz CT molecular complexity index is 596. The fourth-order valence-electron chi connectivity index (χ4n) is 2.73. The van der Waals surface area contributed by atoms with Gasteiger partial charge in [-0.2, -0.15) is 0 Å². The Morgan fingerprint density at radius 2 is 2.21 bits per heavy atom. The third-order valence-corrected chi connectivity index (χ3v) is 3.80. The molecule has 0 bridgehead atoms. The Kier molecular flexibility index (Phi) is 3.59. The quantitative estimate of drug-likeness (QED) is 0.804. The first-order valence-corrected chi connectivity index (χ1v) is 6.94. The van der Waals surface area contributed by atoms with Gasteiger partial charge in [0.1, 0.15) is 0 Å². The van der Waals surface area contributed by atoms with Crippen LogP contribution < -0.4 is 11.0 Å². The SMILES string of the molecule is O=c1n(CCNCC2CCCC2)nc2cnccn12. The van der Waals surface area contributed by atoms with Crippen molar-refractivity contribution in [2.45, 2.75) is 32.2 Å². The Morgan fingerprint density at radius 1 is 1.37 bits per heavy atom. The highest BCUT2D eigenvalue weighted by Crippen LogP contribution is 2.23. The number of hydrogen-bond acceptors (Lipinski definition) is 4. The van der Waals surface area contributed by atoms with Crippen LogP contribution in [0.5, 0.6) is 0 Å². The number of rotatable bonds is 5. The van der Waals surface area contributed by atoms with Gasteiger partial charge in [-0.05, 0) is 25.3 Å². The second kappa shape index (κ2) is 5.52. The van der Waals surface area contributed by atoms with Gasteiger partial charge in [-0.25, -0.2) is 13.9 Å².